The van der Waals surface area contributed by atoms with Crippen LogP contribution in [0.15, 0.2) is 53.4 Å². The summed E-state index contributed by atoms with van der Waals surface area (Å²) in [5.41, 5.74) is 0.916. The molecular formula is C18H20N2O5S. The van der Waals surface area contributed by atoms with Gasteiger partial charge < -0.3 is 4.74 Å². The minimum Gasteiger partial charge on any atom is -0.490 e. The molecule has 0 amide bonds. The number of sulfonamides is 1. The van der Waals surface area contributed by atoms with Crippen LogP contribution in [0.1, 0.15) is 18.4 Å². The van der Waals surface area contributed by atoms with Crippen molar-refractivity contribution in [1.82, 2.24) is 4.31 Å². The Morgan fingerprint density at radius 2 is 1.77 bits per heavy atom. The lowest BCUT2D eigenvalue weighted by molar-refractivity contribution is -0.385. The lowest BCUT2D eigenvalue weighted by atomic mass is 10.1. The first-order valence-electron chi connectivity index (χ1n) is 8.34. The van der Waals surface area contributed by atoms with Crippen LogP contribution in [0.5, 0.6) is 5.75 Å². The summed E-state index contributed by atoms with van der Waals surface area (Å²) in [6, 6.07) is 12.9. The van der Waals surface area contributed by atoms with Crippen molar-refractivity contribution in [1.29, 1.82) is 0 Å². The van der Waals surface area contributed by atoms with Gasteiger partial charge in [0.05, 0.1) is 9.82 Å². The average Bonchev–Trinajstić information content (AvgIpc) is 2.64. The minimum atomic E-state index is -3.75. The van der Waals surface area contributed by atoms with Gasteiger partial charge in [0.15, 0.2) is 0 Å². The van der Waals surface area contributed by atoms with Gasteiger partial charge in [-0.2, -0.15) is 4.31 Å². The van der Waals surface area contributed by atoms with E-state index in [2.05, 4.69) is 0 Å². The second kappa shape index (κ2) is 7.43. The van der Waals surface area contributed by atoms with E-state index in [1.165, 1.54) is 22.5 Å². The van der Waals surface area contributed by atoms with Gasteiger partial charge >= 0.3 is 0 Å². The Labute approximate surface area is 152 Å². The molecule has 8 heteroatoms. The minimum absolute atomic E-state index is 0.0470. The van der Waals surface area contributed by atoms with Crippen LogP contribution < -0.4 is 4.74 Å². The topological polar surface area (TPSA) is 89.8 Å². The molecule has 0 saturated carbocycles. The normalized spacial score (nSPS) is 16.3. The summed E-state index contributed by atoms with van der Waals surface area (Å²) in [7, 11) is -3.75. The monoisotopic (exact) mass is 376 g/mol. The number of hydrogen-bond donors (Lipinski definition) is 0. The highest BCUT2D eigenvalue weighted by Gasteiger charge is 2.31. The number of rotatable bonds is 5. The number of ether oxygens (including phenoxy) is 1. The van der Waals surface area contributed by atoms with Crippen molar-refractivity contribution in [2.45, 2.75) is 30.8 Å². The largest absolute Gasteiger partial charge is 0.490 e. The number of nitro groups is 1. The Morgan fingerprint density at radius 3 is 2.38 bits per heavy atom. The molecular weight excluding hydrogens is 356 g/mol. The predicted octanol–water partition coefficient (Wildman–Crippen LogP) is 3.14. The number of aryl methyl sites for hydroxylation is 1. The zero-order valence-electron chi connectivity index (χ0n) is 14.4. The zero-order chi connectivity index (χ0) is 18.7. The smallest absolute Gasteiger partial charge is 0.270 e. The lowest BCUT2D eigenvalue weighted by Gasteiger charge is -2.31. The predicted molar refractivity (Wildman–Crippen MR) is 96.7 cm³/mol. The molecule has 0 aliphatic carbocycles. The molecule has 26 heavy (non-hydrogen) atoms. The maximum Gasteiger partial charge on any atom is 0.270 e. The van der Waals surface area contributed by atoms with E-state index in [4.69, 9.17) is 4.74 Å². The fraction of sp³-hybridized carbons (Fsp3) is 0.333. The Bertz CT molecular complexity index is 888. The standard InChI is InChI=1S/C18H20N2O5S/c1-14-5-7-16(8-6-14)25-17-9-11-19(12-10-17)26(23,24)18-4-2-3-15(13-18)20(21)22/h2-8,13,17H,9-12H2,1H3. The molecule has 1 fully saturated rings. The number of non-ortho nitro benzene ring substituents is 1. The number of benzene rings is 2. The van der Waals surface area contributed by atoms with Crippen molar-refractivity contribution in [3.63, 3.8) is 0 Å². The third-order valence-corrected chi connectivity index (χ3v) is 6.29. The number of piperidine rings is 1. The van der Waals surface area contributed by atoms with E-state index in [9.17, 15) is 18.5 Å². The van der Waals surface area contributed by atoms with Crippen molar-refractivity contribution in [3.05, 3.63) is 64.2 Å². The van der Waals surface area contributed by atoms with Gasteiger partial charge in [0.2, 0.25) is 10.0 Å². The Morgan fingerprint density at radius 1 is 1.12 bits per heavy atom. The highest BCUT2D eigenvalue weighted by atomic mass is 32.2. The molecule has 0 atom stereocenters. The SMILES string of the molecule is Cc1ccc(OC2CCN(S(=O)(=O)c3cccc([N+](=O)[O-])c3)CC2)cc1. The van der Waals surface area contributed by atoms with Crippen LogP contribution in [0.25, 0.3) is 0 Å². The average molecular weight is 376 g/mol. The van der Waals surface area contributed by atoms with Gasteiger partial charge in [-0.05, 0) is 38.0 Å². The van der Waals surface area contributed by atoms with Crippen molar-refractivity contribution in [2.24, 2.45) is 0 Å². The van der Waals surface area contributed by atoms with Gasteiger partial charge in [-0.3, -0.25) is 10.1 Å². The van der Waals surface area contributed by atoms with Crippen LogP contribution in [0.3, 0.4) is 0 Å². The van der Waals surface area contributed by atoms with E-state index < -0.39 is 14.9 Å². The van der Waals surface area contributed by atoms with Gasteiger partial charge in [-0.15, -0.1) is 0 Å². The molecule has 0 spiro atoms. The van der Waals surface area contributed by atoms with Crippen LogP contribution in [-0.2, 0) is 10.0 Å². The molecule has 1 aliphatic heterocycles. The number of nitro benzene ring substituents is 1. The molecule has 1 saturated heterocycles. The fourth-order valence-electron chi connectivity index (χ4n) is 2.91. The Kier molecular flexibility index (Phi) is 5.24. The molecule has 0 N–H and O–H groups in total. The first-order valence-corrected chi connectivity index (χ1v) is 9.78. The Balaban J connectivity index is 1.66. The van der Waals surface area contributed by atoms with E-state index in [-0.39, 0.29) is 16.7 Å². The zero-order valence-corrected chi connectivity index (χ0v) is 15.2. The molecule has 2 aromatic rings. The van der Waals surface area contributed by atoms with E-state index in [0.717, 1.165) is 17.4 Å². The summed E-state index contributed by atoms with van der Waals surface area (Å²) in [6.07, 6.45) is 1.10. The van der Waals surface area contributed by atoms with Crippen LogP contribution in [0.2, 0.25) is 0 Å². The van der Waals surface area contributed by atoms with Crippen LogP contribution in [-0.4, -0.2) is 36.8 Å². The second-order valence-corrected chi connectivity index (χ2v) is 8.23. The summed E-state index contributed by atoms with van der Waals surface area (Å²) >= 11 is 0. The van der Waals surface area contributed by atoms with Gasteiger partial charge in [0, 0.05) is 25.2 Å². The molecule has 1 aliphatic rings. The summed E-state index contributed by atoms with van der Waals surface area (Å²) in [5.74, 6) is 0.774. The number of nitrogens with zero attached hydrogens (tertiary/aromatic N) is 2. The van der Waals surface area contributed by atoms with Gasteiger partial charge in [0.1, 0.15) is 11.9 Å². The third-order valence-electron chi connectivity index (χ3n) is 4.39. The quantitative estimate of drug-likeness (QED) is 0.591. The molecule has 0 radical (unpaired) electrons. The van der Waals surface area contributed by atoms with Gasteiger partial charge in [0.25, 0.3) is 5.69 Å². The van der Waals surface area contributed by atoms with Gasteiger partial charge in [-0.1, -0.05) is 23.8 Å². The van der Waals surface area contributed by atoms with Crippen LogP contribution in [0, 0.1) is 17.0 Å². The molecule has 7 nitrogen and oxygen atoms in total. The Hall–Kier alpha value is -2.45. The molecule has 2 aromatic carbocycles. The van der Waals surface area contributed by atoms with Gasteiger partial charge in [-0.25, -0.2) is 8.42 Å². The van der Waals surface area contributed by atoms with Crippen LogP contribution in [0.4, 0.5) is 5.69 Å². The maximum atomic E-state index is 12.7. The molecule has 138 valence electrons. The van der Waals surface area contributed by atoms with Crippen molar-refractivity contribution in [2.75, 3.05) is 13.1 Å². The fourth-order valence-corrected chi connectivity index (χ4v) is 4.42. The highest BCUT2D eigenvalue weighted by Crippen LogP contribution is 2.25. The first kappa shape index (κ1) is 18.3. The van der Waals surface area contributed by atoms with Crippen molar-refractivity contribution < 1.29 is 18.1 Å². The summed E-state index contributed by atoms with van der Waals surface area (Å²) < 4.78 is 32.7. The molecule has 0 bridgehead atoms. The second-order valence-electron chi connectivity index (χ2n) is 6.29. The summed E-state index contributed by atoms with van der Waals surface area (Å²) in [4.78, 5) is 10.2. The molecule has 1 heterocycles. The summed E-state index contributed by atoms with van der Waals surface area (Å²) in [5, 5.41) is 10.9. The van der Waals surface area contributed by atoms with E-state index in [0.29, 0.717) is 25.9 Å². The number of hydrogen-bond acceptors (Lipinski definition) is 5. The van der Waals surface area contributed by atoms with Crippen LogP contribution >= 0.6 is 0 Å². The highest BCUT2D eigenvalue weighted by molar-refractivity contribution is 7.89. The van der Waals surface area contributed by atoms with E-state index >= 15 is 0 Å². The van der Waals surface area contributed by atoms with E-state index in [1.807, 2.05) is 31.2 Å². The van der Waals surface area contributed by atoms with Crippen molar-refractivity contribution in [3.8, 4) is 5.75 Å². The third kappa shape index (κ3) is 4.03. The van der Waals surface area contributed by atoms with E-state index in [1.54, 1.807) is 0 Å². The maximum absolute atomic E-state index is 12.7. The molecule has 0 aromatic heterocycles. The lowest BCUT2D eigenvalue weighted by Crippen LogP contribution is -2.41. The van der Waals surface area contributed by atoms with Crippen molar-refractivity contribution >= 4 is 15.7 Å². The first-order chi connectivity index (χ1) is 12.4. The molecule has 0 unspecified atom stereocenters. The molecule has 3 rings (SSSR count). The summed E-state index contributed by atoms with van der Waals surface area (Å²) in [6.45, 7) is 2.64.